The maximum absolute atomic E-state index is 12.7. The Morgan fingerprint density at radius 3 is 2.88 bits per heavy atom. The molecule has 2 aromatic heterocycles. The van der Waals surface area contributed by atoms with Crippen LogP contribution in [-0.4, -0.2) is 43.9 Å². The molecule has 2 unspecified atom stereocenters. The molecule has 0 radical (unpaired) electrons. The van der Waals surface area contributed by atoms with Gasteiger partial charge in [-0.15, -0.1) is 5.10 Å². The van der Waals surface area contributed by atoms with Crippen LogP contribution in [0.25, 0.3) is 16.5 Å². The van der Waals surface area contributed by atoms with Gasteiger partial charge in [0, 0.05) is 36.3 Å². The Bertz CT molecular complexity index is 948. The van der Waals surface area contributed by atoms with E-state index in [1.165, 1.54) is 6.42 Å². The number of aromatic nitrogens is 4. The van der Waals surface area contributed by atoms with Gasteiger partial charge in [0.15, 0.2) is 5.69 Å². The molecule has 0 spiro atoms. The minimum atomic E-state index is 0.00727. The van der Waals surface area contributed by atoms with E-state index in [-0.39, 0.29) is 5.91 Å². The van der Waals surface area contributed by atoms with Gasteiger partial charge in [0.2, 0.25) is 0 Å². The third-order valence-electron chi connectivity index (χ3n) is 5.25. The van der Waals surface area contributed by atoms with Gasteiger partial charge >= 0.3 is 0 Å². The number of nitrogens with zero attached hydrogens (tertiary/aromatic N) is 5. The van der Waals surface area contributed by atoms with Gasteiger partial charge < -0.3 is 4.90 Å². The monoisotopic (exact) mass is 319 g/mol. The third kappa shape index (κ3) is 1.95. The first kappa shape index (κ1) is 13.7. The molecule has 3 aromatic rings. The first-order valence-corrected chi connectivity index (χ1v) is 8.27. The highest BCUT2D eigenvalue weighted by atomic mass is 16.2. The summed E-state index contributed by atoms with van der Waals surface area (Å²) in [7, 11) is 0. The van der Waals surface area contributed by atoms with Crippen LogP contribution >= 0.6 is 0 Å². The van der Waals surface area contributed by atoms with Crippen LogP contribution in [0.5, 0.6) is 0 Å². The summed E-state index contributed by atoms with van der Waals surface area (Å²) in [5.74, 6) is 1.44. The minimum absolute atomic E-state index is 0.00727. The molecule has 1 saturated heterocycles. The molecule has 1 saturated carbocycles. The molecule has 0 N–H and O–H groups in total. The largest absolute Gasteiger partial charge is 0.337 e. The molecular formula is C18H17N5O. The Morgan fingerprint density at radius 2 is 2.04 bits per heavy atom. The Labute approximate surface area is 139 Å². The summed E-state index contributed by atoms with van der Waals surface area (Å²) in [6, 6.07) is 7.93. The van der Waals surface area contributed by atoms with E-state index in [4.69, 9.17) is 0 Å². The van der Waals surface area contributed by atoms with Crippen LogP contribution in [0.1, 0.15) is 22.6 Å². The lowest BCUT2D eigenvalue weighted by molar-refractivity contribution is 0.0769. The van der Waals surface area contributed by atoms with Gasteiger partial charge in [-0.2, -0.15) is 0 Å². The number of pyridine rings is 1. The van der Waals surface area contributed by atoms with Crippen molar-refractivity contribution >= 4 is 16.7 Å². The molecule has 3 heterocycles. The Kier molecular flexibility index (Phi) is 2.77. The highest BCUT2D eigenvalue weighted by molar-refractivity contribution is 5.94. The maximum atomic E-state index is 12.7. The number of hydrogen-bond acceptors (Lipinski definition) is 4. The number of rotatable bonds is 2. The molecule has 0 bridgehead atoms. The molecule has 6 nitrogen and oxygen atoms in total. The first-order valence-electron chi connectivity index (χ1n) is 8.27. The van der Waals surface area contributed by atoms with E-state index >= 15 is 0 Å². The van der Waals surface area contributed by atoms with Crippen molar-refractivity contribution in [1.29, 1.82) is 0 Å². The van der Waals surface area contributed by atoms with E-state index < -0.39 is 0 Å². The lowest BCUT2D eigenvalue weighted by atomic mass is 10.1. The average Bonchev–Trinajstić information content (AvgIpc) is 3.04. The van der Waals surface area contributed by atoms with Crippen LogP contribution in [0.4, 0.5) is 0 Å². The van der Waals surface area contributed by atoms with E-state index in [0.29, 0.717) is 5.69 Å². The van der Waals surface area contributed by atoms with Crippen molar-refractivity contribution in [3.8, 4) is 5.69 Å². The fraction of sp³-hybridized carbons (Fsp3) is 0.333. The SMILES string of the molecule is Cc1c(C(=O)N2CC3CC3C2)nnn1-c1cccc2cnccc12. The fourth-order valence-electron chi connectivity index (χ4n) is 3.76. The van der Waals surface area contributed by atoms with Gasteiger partial charge in [0.1, 0.15) is 0 Å². The number of piperidine rings is 1. The molecule has 2 fully saturated rings. The second-order valence-corrected chi connectivity index (χ2v) is 6.78. The first-order chi connectivity index (χ1) is 11.7. The zero-order valence-electron chi connectivity index (χ0n) is 13.4. The lowest BCUT2D eigenvalue weighted by Crippen LogP contribution is -2.31. The zero-order chi connectivity index (χ0) is 16.3. The van der Waals surface area contributed by atoms with Crippen molar-refractivity contribution in [2.45, 2.75) is 13.3 Å². The quantitative estimate of drug-likeness (QED) is 0.726. The predicted octanol–water partition coefficient (Wildman–Crippen LogP) is 2.22. The summed E-state index contributed by atoms with van der Waals surface area (Å²) in [5, 5.41) is 10.5. The number of likely N-dealkylation sites (tertiary alicyclic amines) is 1. The summed E-state index contributed by atoms with van der Waals surface area (Å²) in [6.07, 6.45) is 4.87. The predicted molar refractivity (Wildman–Crippen MR) is 88.9 cm³/mol. The molecule has 120 valence electrons. The van der Waals surface area contributed by atoms with E-state index in [1.54, 1.807) is 10.9 Å². The van der Waals surface area contributed by atoms with Crippen molar-refractivity contribution in [3.05, 3.63) is 48.0 Å². The van der Waals surface area contributed by atoms with Crippen molar-refractivity contribution in [2.24, 2.45) is 11.8 Å². The number of hydrogen-bond donors (Lipinski definition) is 0. The van der Waals surface area contributed by atoms with E-state index in [2.05, 4.69) is 15.3 Å². The topological polar surface area (TPSA) is 63.9 Å². The zero-order valence-corrected chi connectivity index (χ0v) is 13.4. The van der Waals surface area contributed by atoms with Crippen molar-refractivity contribution < 1.29 is 4.79 Å². The number of fused-ring (bicyclic) bond motifs is 2. The van der Waals surface area contributed by atoms with Gasteiger partial charge in [-0.25, -0.2) is 4.68 Å². The number of carbonyl (C=O) groups excluding carboxylic acids is 1. The molecule has 1 aromatic carbocycles. The summed E-state index contributed by atoms with van der Waals surface area (Å²) < 4.78 is 1.76. The van der Waals surface area contributed by atoms with Crippen molar-refractivity contribution in [2.75, 3.05) is 13.1 Å². The standard InChI is InChI=1S/C18H17N5O/c1-11-17(18(24)22-9-13-7-14(13)10-22)20-21-23(11)16-4-2-3-12-8-19-6-5-15(12)16/h2-6,8,13-14H,7,9-10H2,1H3. The smallest absolute Gasteiger partial charge is 0.276 e. The molecule has 2 aliphatic rings. The maximum Gasteiger partial charge on any atom is 0.276 e. The molecule has 5 rings (SSSR count). The molecule has 2 atom stereocenters. The molecule has 1 aliphatic carbocycles. The Hall–Kier alpha value is -2.76. The summed E-state index contributed by atoms with van der Waals surface area (Å²) in [6.45, 7) is 3.65. The van der Waals surface area contributed by atoms with Crippen molar-refractivity contribution in [3.63, 3.8) is 0 Å². The Balaban J connectivity index is 1.55. The molecule has 6 heteroatoms. The van der Waals surface area contributed by atoms with E-state index in [1.807, 2.05) is 42.3 Å². The number of benzene rings is 1. The third-order valence-corrected chi connectivity index (χ3v) is 5.25. The van der Waals surface area contributed by atoms with Gasteiger partial charge in [-0.1, -0.05) is 17.3 Å². The van der Waals surface area contributed by atoms with Crippen LogP contribution in [-0.2, 0) is 0 Å². The number of amides is 1. The molecular weight excluding hydrogens is 302 g/mol. The lowest BCUT2D eigenvalue weighted by Gasteiger charge is -2.16. The van der Waals surface area contributed by atoms with Crippen LogP contribution in [0.15, 0.2) is 36.7 Å². The van der Waals surface area contributed by atoms with Crippen LogP contribution in [0.3, 0.4) is 0 Å². The second-order valence-electron chi connectivity index (χ2n) is 6.78. The average molecular weight is 319 g/mol. The molecule has 1 amide bonds. The van der Waals surface area contributed by atoms with Crippen LogP contribution < -0.4 is 0 Å². The van der Waals surface area contributed by atoms with E-state index in [9.17, 15) is 4.79 Å². The minimum Gasteiger partial charge on any atom is -0.337 e. The highest BCUT2D eigenvalue weighted by Crippen LogP contribution is 2.45. The van der Waals surface area contributed by atoms with Gasteiger partial charge in [0.25, 0.3) is 5.91 Å². The van der Waals surface area contributed by atoms with Crippen LogP contribution in [0, 0.1) is 18.8 Å². The summed E-state index contributed by atoms with van der Waals surface area (Å²) in [5.41, 5.74) is 2.16. The Morgan fingerprint density at radius 1 is 1.21 bits per heavy atom. The summed E-state index contributed by atoms with van der Waals surface area (Å²) >= 11 is 0. The fourth-order valence-corrected chi connectivity index (χ4v) is 3.76. The second kappa shape index (κ2) is 4.87. The number of carbonyl (C=O) groups is 1. The highest BCUT2D eigenvalue weighted by Gasteiger charge is 2.47. The van der Waals surface area contributed by atoms with Crippen molar-refractivity contribution in [1.82, 2.24) is 24.9 Å². The van der Waals surface area contributed by atoms with Gasteiger partial charge in [-0.05, 0) is 37.3 Å². The normalized spacial score (nSPS) is 22.0. The van der Waals surface area contributed by atoms with Gasteiger partial charge in [0.05, 0.1) is 11.4 Å². The van der Waals surface area contributed by atoms with Crippen LogP contribution in [0.2, 0.25) is 0 Å². The molecule has 1 aliphatic heterocycles. The summed E-state index contributed by atoms with van der Waals surface area (Å²) in [4.78, 5) is 18.8. The van der Waals surface area contributed by atoms with E-state index in [0.717, 1.165) is 47.1 Å². The van der Waals surface area contributed by atoms with Gasteiger partial charge in [-0.3, -0.25) is 9.78 Å². The molecule has 24 heavy (non-hydrogen) atoms.